The lowest BCUT2D eigenvalue weighted by atomic mass is 10.1. The minimum Gasteiger partial charge on any atom is -0.497 e. The summed E-state index contributed by atoms with van der Waals surface area (Å²) in [4.78, 5) is 11.2. The second-order valence-electron chi connectivity index (χ2n) is 4.23. The summed E-state index contributed by atoms with van der Waals surface area (Å²) in [5, 5.41) is -0.226. The first-order valence-electron chi connectivity index (χ1n) is 6.08. The molecule has 1 aromatic carbocycles. The van der Waals surface area contributed by atoms with Gasteiger partial charge >= 0.3 is 12.2 Å². The van der Waals surface area contributed by atoms with Gasteiger partial charge in [-0.15, -0.1) is 0 Å². The van der Waals surface area contributed by atoms with Crippen molar-refractivity contribution in [3.63, 3.8) is 0 Å². The van der Waals surface area contributed by atoms with Crippen molar-refractivity contribution in [2.24, 2.45) is 0 Å². The maximum atomic E-state index is 12.1. The molecular formula is C13H11ClF3N3O2. The Morgan fingerprint density at radius 2 is 1.77 bits per heavy atom. The molecule has 0 unspecified atom stereocenters. The predicted octanol–water partition coefficient (Wildman–Crippen LogP) is 3.07. The van der Waals surface area contributed by atoms with Crippen molar-refractivity contribution >= 4 is 11.6 Å². The van der Waals surface area contributed by atoms with Gasteiger partial charge in [-0.25, -0.2) is 4.98 Å². The zero-order valence-corrected chi connectivity index (χ0v) is 12.1. The van der Waals surface area contributed by atoms with Crippen molar-refractivity contribution in [1.29, 1.82) is 0 Å². The molecule has 0 spiro atoms. The molecule has 0 amide bonds. The van der Waals surface area contributed by atoms with Gasteiger partial charge in [-0.2, -0.15) is 23.1 Å². The molecule has 0 aliphatic carbocycles. The van der Waals surface area contributed by atoms with Crippen LogP contribution in [0.4, 0.5) is 13.2 Å². The van der Waals surface area contributed by atoms with Crippen LogP contribution in [0.1, 0.15) is 11.4 Å². The lowest BCUT2D eigenvalue weighted by molar-refractivity contribution is -0.154. The summed E-state index contributed by atoms with van der Waals surface area (Å²) in [6.07, 6.45) is -4.20. The summed E-state index contributed by atoms with van der Waals surface area (Å²) in [5.41, 5.74) is 0.838. The van der Waals surface area contributed by atoms with E-state index in [1.165, 1.54) is 0 Å². The fourth-order valence-electron chi connectivity index (χ4n) is 1.59. The molecule has 0 aliphatic heterocycles. The van der Waals surface area contributed by atoms with Gasteiger partial charge in [0.2, 0.25) is 5.28 Å². The molecular weight excluding hydrogens is 323 g/mol. The van der Waals surface area contributed by atoms with Crippen molar-refractivity contribution in [2.75, 3.05) is 13.7 Å². The quantitative estimate of drug-likeness (QED) is 0.841. The van der Waals surface area contributed by atoms with E-state index in [1.54, 1.807) is 31.4 Å². The maximum absolute atomic E-state index is 12.1. The van der Waals surface area contributed by atoms with Crippen LogP contribution in [-0.2, 0) is 6.42 Å². The smallest absolute Gasteiger partial charge is 0.422 e. The maximum Gasteiger partial charge on any atom is 0.422 e. The highest BCUT2D eigenvalue weighted by Gasteiger charge is 2.29. The van der Waals surface area contributed by atoms with E-state index in [1.807, 2.05) is 0 Å². The fourth-order valence-corrected chi connectivity index (χ4v) is 1.76. The van der Waals surface area contributed by atoms with Gasteiger partial charge < -0.3 is 9.47 Å². The number of alkyl halides is 3. The summed E-state index contributed by atoms with van der Waals surface area (Å²) in [6, 6.07) is 6.61. The Morgan fingerprint density at radius 1 is 1.09 bits per heavy atom. The molecule has 0 bridgehead atoms. The molecule has 1 aromatic heterocycles. The first kappa shape index (κ1) is 16.3. The summed E-state index contributed by atoms with van der Waals surface area (Å²) < 4.78 is 45.9. The molecule has 0 N–H and O–H groups in total. The second kappa shape index (κ2) is 6.78. The molecule has 0 saturated carbocycles. The minimum atomic E-state index is -4.48. The fraction of sp³-hybridized carbons (Fsp3) is 0.308. The Kier molecular flexibility index (Phi) is 5.02. The van der Waals surface area contributed by atoms with E-state index in [2.05, 4.69) is 19.7 Å². The number of benzene rings is 1. The molecule has 2 rings (SSSR count). The average molecular weight is 334 g/mol. The molecule has 118 valence electrons. The SMILES string of the molecule is COc1ccc(Cc2nc(Cl)nc(OCC(F)(F)F)n2)cc1. The number of halogens is 4. The Balaban J connectivity index is 2.11. The van der Waals surface area contributed by atoms with Gasteiger partial charge in [-0.3, -0.25) is 0 Å². The largest absolute Gasteiger partial charge is 0.497 e. The molecule has 0 aliphatic rings. The van der Waals surface area contributed by atoms with E-state index < -0.39 is 18.8 Å². The topological polar surface area (TPSA) is 57.1 Å². The molecule has 22 heavy (non-hydrogen) atoms. The highest BCUT2D eigenvalue weighted by Crippen LogP contribution is 2.18. The molecule has 0 saturated heterocycles. The summed E-state index contributed by atoms with van der Waals surface area (Å²) >= 11 is 5.67. The van der Waals surface area contributed by atoms with Crippen molar-refractivity contribution in [3.05, 3.63) is 40.9 Å². The molecule has 9 heteroatoms. The van der Waals surface area contributed by atoms with Gasteiger partial charge in [-0.05, 0) is 29.3 Å². The third kappa shape index (κ3) is 5.03. The molecule has 0 radical (unpaired) electrons. The van der Waals surface area contributed by atoms with Gasteiger partial charge in [0.25, 0.3) is 0 Å². The molecule has 2 aromatic rings. The van der Waals surface area contributed by atoms with E-state index in [9.17, 15) is 13.2 Å². The van der Waals surface area contributed by atoms with Gasteiger partial charge in [0.15, 0.2) is 6.61 Å². The Hall–Kier alpha value is -2.09. The van der Waals surface area contributed by atoms with Gasteiger partial charge in [0.1, 0.15) is 11.6 Å². The number of rotatable bonds is 5. The lowest BCUT2D eigenvalue weighted by Gasteiger charge is -2.08. The summed E-state index contributed by atoms with van der Waals surface area (Å²) in [5.74, 6) is 0.897. The second-order valence-corrected chi connectivity index (χ2v) is 4.57. The van der Waals surface area contributed by atoms with Crippen molar-refractivity contribution in [2.45, 2.75) is 12.6 Å². The highest BCUT2D eigenvalue weighted by atomic mass is 35.5. The first-order valence-corrected chi connectivity index (χ1v) is 6.46. The van der Waals surface area contributed by atoms with Crippen LogP contribution in [0.15, 0.2) is 24.3 Å². The zero-order chi connectivity index (χ0) is 16.2. The Morgan fingerprint density at radius 3 is 2.36 bits per heavy atom. The van der Waals surface area contributed by atoms with Crippen LogP contribution < -0.4 is 9.47 Å². The normalized spacial score (nSPS) is 11.3. The first-order chi connectivity index (χ1) is 10.4. The van der Waals surface area contributed by atoms with E-state index in [0.29, 0.717) is 5.75 Å². The standard InChI is InChI=1S/C13H11ClF3N3O2/c1-21-9-4-2-8(3-5-9)6-10-18-11(14)20-12(19-10)22-7-13(15,16)17/h2-5H,6-7H2,1H3. The molecule has 5 nitrogen and oxygen atoms in total. The van der Waals surface area contributed by atoms with Crippen LogP contribution in [-0.4, -0.2) is 34.8 Å². The van der Waals surface area contributed by atoms with Crippen LogP contribution in [0.3, 0.4) is 0 Å². The number of aromatic nitrogens is 3. The van der Waals surface area contributed by atoms with E-state index >= 15 is 0 Å². The van der Waals surface area contributed by atoms with Gasteiger partial charge in [-0.1, -0.05) is 12.1 Å². The monoisotopic (exact) mass is 333 g/mol. The third-order valence-corrected chi connectivity index (χ3v) is 2.69. The van der Waals surface area contributed by atoms with Crippen LogP contribution >= 0.6 is 11.6 Å². The van der Waals surface area contributed by atoms with Crippen molar-refractivity contribution in [1.82, 2.24) is 15.0 Å². The molecule has 0 fully saturated rings. The van der Waals surface area contributed by atoms with Crippen molar-refractivity contribution < 1.29 is 22.6 Å². The van der Waals surface area contributed by atoms with Crippen molar-refractivity contribution in [3.8, 4) is 11.8 Å². The van der Waals surface area contributed by atoms with Crippen LogP contribution in [0.2, 0.25) is 5.28 Å². The van der Waals surface area contributed by atoms with E-state index in [0.717, 1.165) is 5.56 Å². The Labute approximate surface area is 129 Å². The molecule has 1 heterocycles. The number of nitrogens with zero attached hydrogens (tertiary/aromatic N) is 3. The van der Waals surface area contributed by atoms with Crippen LogP contribution in [0.5, 0.6) is 11.8 Å². The van der Waals surface area contributed by atoms with E-state index in [-0.39, 0.29) is 17.5 Å². The predicted molar refractivity (Wildman–Crippen MR) is 72.2 cm³/mol. The van der Waals surface area contributed by atoms with Gasteiger partial charge in [0, 0.05) is 6.42 Å². The number of hydrogen-bond donors (Lipinski definition) is 0. The van der Waals surface area contributed by atoms with Crippen LogP contribution in [0.25, 0.3) is 0 Å². The number of methoxy groups -OCH3 is 1. The zero-order valence-electron chi connectivity index (χ0n) is 11.4. The lowest BCUT2D eigenvalue weighted by Crippen LogP contribution is -2.20. The number of hydrogen-bond acceptors (Lipinski definition) is 5. The summed E-state index contributed by atoms with van der Waals surface area (Å²) in [6.45, 7) is -1.49. The van der Waals surface area contributed by atoms with Gasteiger partial charge in [0.05, 0.1) is 7.11 Å². The average Bonchev–Trinajstić information content (AvgIpc) is 2.45. The van der Waals surface area contributed by atoms with Crippen LogP contribution in [0, 0.1) is 0 Å². The Bertz CT molecular complexity index is 635. The van der Waals surface area contributed by atoms with E-state index in [4.69, 9.17) is 16.3 Å². The third-order valence-electron chi connectivity index (χ3n) is 2.52. The molecule has 0 atom stereocenters. The number of ether oxygens (including phenoxy) is 2. The highest BCUT2D eigenvalue weighted by molar-refractivity contribution is 6.28. The minimum absolute atomic E-state index is 0.211. The summed E-state index contributed by atoms with van der Waals surface area (Å²) in [7, 11) is 1.55.